The molecule has 0 saturated carbocycles. The molecule has 3 aromatic carbocycles. The number of hydrogen-bond donors (Lipinski definition) is 1. The zero-order valence-electron chi connectivity index (χ0n) is 18.3. The summed E-state index contributed by atoms with van der Waals surface area (Å²) in [6, 6.07) is 18.2. The molecule has 0 fully saturated rings. The molecule has 8 heteroatoms. The lowest BCUT2D eigenvalue weighted by molar-refractivity contribution is -0.123. The molecule has 0 heterocycles. The molecule has 0 aromatic heterocycles. The van der Waals surface area contributed by atoms with Crippen molar-refractivity contribution in [3.8, 4) is 17.2 Å². The number of rotatable bonds is 10. The van der Waals surface area contributed by atoms with Crippen LogP contribution < -0.4 is 19.6 Å². The third kappa shape index (κ3) is 7.14. The van der Waals surface area contributed by atoms with Crippen LogP contribution in [0.2, 0.25) is 10.0 Å². The molecule has 33 heavy (non-hydrogen) atoms. The first-order valence-corrected chi connectivity index (χ1v) is 11.0. The molecule has 0 unspecified atom stereocenters. The predicted molar refractivity (Wildman–Crippen MR) is 131 cm³/mol. The van der Waals surface area contributed by atoms with Crippen molar-refractivity contribution in [3.63, 3.8) is 0 Å². The largest absolute Gasteiger partial charge is 0.493 e. The van der Waals surface area contributed by atoms with Crippen LogP contribution in [-0.2, 0) is 17.8 Å². The van der Waals surface area contributed by atoms with Gasteiger partial charge >= 0.3 is 0 Å². The van der Waals surface area contributed by atoms with E-state index in [0.29, 0.717) is 38.4 Å². The quantitative estimate of drug-likeness (QED) is 0.296. The van der Waals surface area contributed by atoms with Gasteiger partial charge in [0.15, 0.2) is 18.1 Å². The maximum atomic E-state index is 12.0. The lowest BCUT2D eigenvalue weighted by atomic mass is 10.2. The average Bonchev–Trinajstić information content (AvgIpc) is 2.83. The molecule has 3 aromatic rings. The summed E-state index contributed by atoms with van der Waals surface area (Å²) in [4.78, 5) is 12.0. The smallest absolute Gasteiger partial charge is 0.277 e. The van der Waals surface area contributed by atoms with Crippen LogP contribution in [0.25, 0.3) is 0 Å². The molecule has 0 aliphatic heterocycles. The van der Waals surface area contributed by atoms with Crippen LogP contribution in [0.1, 0.15) is 23.6 Å². The van der Waals surface area contributed by atoms with Crippen molar-refractivity contribution < 1.29 is 19.0 Å². The molecule has 0 aliphatic rings. The number of halogens is 2. The minimum absolute atomic E-state index is 0.134. The molecule has 0 aliphatic carbocycles. The van der Waals surface area contributed by atoms with Gasteiger partial charge in [0.25, 0.3) is 5.91 Å². The van der Waals surface area contributed by atoms with E-state index in [1.165, 1.54) is 13.3 Å². The third-order valence-corrected chi connectivity index (χ3v) is 5.41. The number of nitrogens with zero attached hydrogens (tertiary/aromatic N) is 1. The Balaban J connectivity index is 1.54. The minimum atomic E-state index is -0.364. The van der Waals surface area contributed by atoms with E-state index in [1.807, 2.05) is 24.3 Å². The number of ether oxygens (including phenoxy) is 3. The number of hydrogen-bond acceptors (Lipinski definition) is 5. The Morgan fingerprint density at radius 3 is 2.48 bits per heavy atom. The zero-order valence-corrected chi connectivity index (χ0v) is 19.8. The second-order valence-corrected chi connectivity index (χ2v) is 7.80. The fraction of sp³-hybridized carbons (Fsp3) is 0.200. The first kappa shape index (κ1) is 24.4. The van der Waals surface area contributed by atoms with Gasteiger partial charge in [-0.15, -0.1) is 0 Å². The Hall–Kier alpha value is -3.22. The summed E-state index contributed by atoms with van der Waals surface area (Å²) in [6.07, 6.45) is 2.40. The van der Waals surface area contributed by atoms with E-state index >= 15 is 0 Å². The van der Waals surface area contributed by atoms with E-state index in [9.17, 15) is 4.79 Å². The normalized spacial score (nSPS) is 10.8. The van der Waals surface area contributed by atoms with Gasteiger partial charge < -0.3 is 14.2 Å². The maximum absolute atomic E-state index is 12.0. The number of carbonyl (C=O) groups is 1. The van der Waals surface area contributed by atoms with E-state index in [-0.39, 0.29) is 19.1 Å². The summed E-state index contributed by atoms with van der Waals surface area (Å²) >= 11 is 12.4. The van der Waals surface area contributed by atoms with E-state index in [1.54, 1.807) is 36.4 Å². The van der Waals surface area contributed by atoms with Gasteiger partial charge in [0.1, 0.15) is 12.4 Å². The van der Waals surface area contributed by atoms with Crippen molar-refractivity contribution in [1.82, 2.24) is 5.43 Å². The van der Waals surface area contributed by atoms with Gasteiger partial charge in [0, 0.05) is 15.6 Å². The highest BCUT2D eigenvalue weighted by Gasteiger charge is 2.10. The van der Waals surface area contributed by atoms with Gasteiger partial charge in [0.2, 0.25) is 0 Å². The molecule has 1 amide bonds. The second kappa shape index (κ2) is 12.1. The third-order valence-electron chi connectivity index (χ3n) is 4.70. The summed E-state index contributed by atoms with van der Waals surface area (Å²) in [5, 5.41) is 5.03. The molecular weight excluding hydrogens is 463 g/mol. The highest BCUT2D eigenvalue weighted by molar-refractivity contribution is 6.35. The summed E-state index contributed by atoms with van der Waals surface area (Å²) in [7, 11) is 1.54. The van der Waals surface area contributed by atoms with Gasteiger partial charge in [0.05, 0.1) is 13.3 Å². The standard InChI is InChI=1S/C25H24Cl2N2O4/c1-3-17-6-4-7-19(12-17)32-16-25(30)29-28-14-18-10-11-23(24(13-18)31-2)33-15-20-21(26)8-5-9-22(20)27/h4-14H,3,15-16H2,1-2H3,(H,29,30). The molecule has 6 nitrogen and oxygen atoms in total. The topological polar surface area (TPSA) is 69.2 Å². The van der Waals surface area contributed by atoms with Gasteiger partial charge in [-0.3, -0.25) is 4.79 Å². The Morgan fingerprint density at radius 2 is 1.76 bits per heavy atom. The summed E-state index contributed by atoms with van der Waals surface area (Å²) in [5.41, 5.74) is 5.00. The number of aryl methyl sites for hydroxylation is 1. The van der Waals surface area contributed by atoms with E-state index < -0.39 is 0 Å². The molecule has 172 valence electrons. The summed E-state index contributed by atoms with van der Waals surface area (Å²) in [5.74, 6) is 1.31. The fourth-order valence-corrected chi connectivity index (χ4v) is 3.43. The Morgan fingerprint density at radius 1 is 1.00 bits per heavy atom. The summed E-state index contributed by atoms with van der Waals surface area (Å²) in [6.45, 7) is 2.12. The van der Waals surface area contributed by atoms with Crippen LogP contribution in [0, 0.1) is 0 Å². The molecule has 0 spiro atoms. The fourth-order valence-electron chi connectivity index (χ4n) is 2.92. The van der Waals surface area contributed by atoms with Crippen molar-refractivity contribution in [2.45, 2.75) is 20.0 Å². The predicted octanol–water partition coefficient (Wildman–Crippen LogP) is 5.67. The van der Waals surface area contributed by atoms with Gasteiger partial charge in [-0.05, 0) is 60.0 Å². The Kier molecular flexibility index (Phi) is 8.98. The van der Waals surface area contributed by atoms with Gasteiger partial charge in [-0.25, -0.2) is 5.43 Å². The van der Waals surface area contributed by atoms with Crippen molar-refractivity contribution in [3.05, 3.63) is 87.4 Å². The Bertz CT molecular complexity index is 1110. The van der Waals surface area contributed by atoms with Crippen LogP contribution in [0.3, 0.4) is 0 Å². The van der Waals surface area contributed by atoms with Crippen molar-refractivity contribution in [2.75, 3.05) is 13.7 Å². The van der Waals surface area contributed by atoms with E-state index in [2.05, 4.69) is 17.5 Å². The number of nitrogens with one attached hydrogen (secondary N) is 1. The molecule has 3 rings (SSSR count). The molecule has 0 radical (unpaired) electrons. The van der Waals surface area contributed by atoms with Crippen LogP contribution in [0.4, 0.5) is 0 Å². The first-order chi connectivity index (χ1) is 16.0. The Labute approximate surface area is 203 Å². The highest BCUT2D eigenvalue weighted by atomic mass is 35.5. The average molecular weight is 487 g/mol. The zero-order chi connectivity index (χ0) is 23.6. The molecular formula is C25H24Cl2N2O4. The number of methoxy groups -OCH3 is 1. The van der Waals surface area contributed by atoms with Crippen LogP contribution >= 0.6 is 23.2 Å². The second-order valence-electron chi connectivity index (χ2n) is 6.98. The highest BCUT2D eigenvalue weighted by Crippen LogP contribution is 2.31. The van der Waals surface area contributed by atoms with Crippen LogP contribution in [0.15, 0.2) is 65.8 Å². The van der Waals surface area contributed by atoms with Crippen molar-refractivity contribution >= 4 is 35.3 Å². The summed E-state index contributed by atoms with van der Waals surface area (Å²) < 4.78 is 16.8. The van der Waals surface area contributed by atoms with Gasteiger partial charge in [-0.1, -0.05) is 48.3 Å². The van der Waals surface area contributed by atoms with E-state index in [4.69, 9.17) is 37.4 Å². The molecule has 0 bridgehead atoms. The molecule has 1 N–H and O–H groups in total. The van der Waals surface area contributed by atoms with Crippen molar-refractivity contribution in [1.29, 1.82) is 0 Å². The molecule has 0 saturated heterocycles. The van der Waals surface area contributed by atoms with Crippen molar-refractivity contribution in [2.24, 2.45) is 5.10 Å². The number of benzene rings is 3. The monoisotopic (exact) mass is 486 g/mol. The number of hydrazone groups is 1. The first-order valence-electron chi connectivity index (χ1n) is 10.3. The lowest BCUT2D eigenvalue weighted by Gasteiger charge is -2.13. The number of carbonyl (C=O) groups excluding carboxylic acids is 1. The maximum Gasteiger partial charge on any atom is 0.277 e. The minimum Gasteiger partial charge on any atom is -0.493 e. The van der Waals surface area contributed by atoms with Crippen LogP contribution in [0.5, 0.6) is 17.2 Å². The molecule has 0 atom stereocenters. The number of amides is 1. The van der Waals surface area contributed by atoms with E-state index in [0.717, 1.165) is 12.0 Å². The van der Waals surface area contributed by atoms with Gasteiger partial charge in [-0.2, -0.15) is 5.10 Å². The van der Waals surface area contributed by atoms with Crippen LogP contribution in [-0.4, -0.2) is 25.8 Å². The lowest BCUT2D eigenvalue weighted by Crippen LogP contribution is -2.24. The SMILES string of the molecule is CCc1cccc(OCC(=O)NN=Cc2ccc(OCc3c(Cl)cccc3Cl)c(OC)c2)c1.